The first-order valence-corrected chi connectivity index (χ1v) is 8.32. The van der Waals surface area contributed by atoms with Crippen molar-refractivity contribution in [1.29, 1.82) is 0 Å². The van der Waals surface area contributed by atoms with E-state index in [1.165, 1.54) is 32.1 Å². The molecule has 2 atom stereocenters. The third-order valence-corrected chi connectivity index (χ3v) is 4.88. The molecule has 0 aromatic rings. The summed E-state index contributed by atoms with van der Waals surface area (Å²) in [6.07, 6.45) is 8.00. The molecule has 3 nitrogen and oxygen atoms in total. The molecule has 0 radical (unpaired) electrons. The van der Waals surface area contributed by atoms with Crippen molar-refractivity contribution in [3.05, 3.63) is 0 Å². The molecule has 116 valence electrons. The molecule has 0 aromatic heterocycles. The molecule has 0 aromatic carbocycles. The Bertz CT molecular complexity index is 347. The summed E-state index contributed by atoms with van der Waals surface area (Å²) in [5.41, 5.74) is -0.248. The van der Waals surface area contributed by atoms with Crippen LogP contribution in [0.1, 0.15) is 72.6 Å². The van der Waals surface area contributed by atoms with Crippen molar-refractivity contribution >= 4 is 5.97 Å². The maximum absolute atomic E-state index is 12.7. The van der Waals surface area contributed by atoms with Gasteiger partial charge in [0, 0.05) is 6.04 Å². The van der Waals surface area contributed by atoms with Gasteiger partial charge in [-0.3, -0.25) is 10.1 Å². The third-order valence-electron chi connectivity index (χ3n) is 4.88. The zero-order chi connectivity index (χ0) is 14.8. The van der Waals surface area contributed by atoms with E-state index in [2.05, 4.69) is 26.1 Å². The van der Waals surface area contributed by atoms with Crippen LogP contribution in [-0.2, 0) is 9.53 Å². The van der Waals surface area contributed by atoms with Gasteiger partial charge < -0.3 is 4.74 Å². The molecule has 2 aliphatic carbocycles. The summed E-state index contributed by atoms with van der Waals surface area (Å²) in [5.74, 6) is 0.545. The molecule has 1 N–H and O–H groups in total. The van der Waals surface area contributed by atoms with Crippen molar-refractivity contribution in [2.75, 3.05) is 6.61 Å². The summed E-state index contributed by atoms with van der Waals surface area (Å²) in [7, 11) is 0. The first-order chi connectivity index (χ1) is 9.37. The smallest absolute Gasteiger partial charge is 0.326 e. The molecule has 2 unspecified atom stereocenters. The number of hydrogen-bond donors (Lipinski definition) is 1. The lowest BCUT2D eigenvalue weighted by Gasteiger charge is -2.47. The highest BCUT2D eigenvalue weighted by molar-refractivity contribution is 5.81. The fourth-order valence-corrected chi connectivity index (χ4v) is 4.63. The van der Waals surface area contributed by atoms with Gasteiger partial charge in [-0.25, -0.2) is 0 Å². The van der Waals surface area contributed by atoms with Crippen molar-refractivity contribution in [3.8, 4) is 0 Å². The van der Waals surface area contributed by atoms with Crippen molar-refractivity contribution in [3.63, 3.8) is 0 Å². The minimum atomic E-state index is -0.452. The van der Waals surface area contributed by atoms with Gasteiger partial charge in [-0.2, -0.15) is 0 Å². The number of rotatable bonds is 4. The van der Waals surface area contributed by atoms with Gasteiger partial charge in [0.15, 0.2) is 0 Å². The Morgan fingerprint density at radius 1 is 1.25 bits per heavy atom. The Hall–Kier alpha value is -0.570. The maximum Gasteiger partial charge on any atom is 0.326 e. The maximum atomic E-state index is 12.7. The fourth-order valence-electron chi connectivity index (χ4n) is 4.63. The van der Waals surface area contributed by atoms with E-state index >= 15 is 0 Å². The Morgan fingerprint density at radius 3 is 2.45 bits per heavy atom. The van der Waals surface area contributed by atoms with Crippen LogP contribution in [0.3, 0.4) is 0 Å². The van der Waals surface area contributed by atoms with E-state index in [1.807, 2.05) is 6.92 Å². The molecule has 0 aliphatic heterocycles. The molecule has 0 heterocycles. The van der Waals surface area contributed by atoms with Gasteiger partial charge in [-0.1, -0.05) is 33.6 Å². The quantitative estimate of drug-likeness (QED) is 0.799. The van der Waals surface area contributed by atoms with E-state index in [-0.39, 0.29) is 11.4 Å². The fraction of sp³-hybridized carbons (Fsp3) is 0.941. The van der Waals surface area contributed by atoms with Crippen molar-refractivity contribution < 1.29 is 9.53 Å². The van der Waals surface area contributed by atoms with Crippen LogP contribution < -0.4 is 5.32 Å². The first kappa shape index (κ1) is 15.8. The molecular formula is C17H31NO2. The second-order valence-electron chi connectivity index (χ2n) is 7.78. The van der Waals surface area contributed by atoms with Crippen LogP contribution in [0.4, 0.5) is 0 Å². The Morgan fingerprint density at radius 2 is 1.90 bits per heavy atom. The summed E-state index contributed by atoms with van der Waals surface area (Å²) >= 11 is 0. The molecule has 2 rings (SSSR count). The number of esters is 1. The Labute approximate surface area is 123 Å². The summed E-state index contributed by atoms with van der Waals surface area (Å²) in [5, 5.41) is 3.73. The topological polar surface area (TPSA) is 38.3 Å². The summed E-state index contributed by atoms with van der Waals surface area (Å²) < 4.78 is 5.44. The molecule has 2 aliphatic rings. The van der Waals surface area contributed by atoms with Gasteiger partial charge in [0.2, 0.25) is 0 Å². The second-order valence-corrected chi connectivity index (χ2v) is 7.78. The number of ether oxygens (including phenoxy) is 1. The highest BCUT2D eigenvalue weighted by Crippen LogP contribution is 2.45. The van der Waals surface area contributed by atoms with Crippen LogP contribution in [-0.4, -0.2) is 24.2 Å². The van der Waals surface area contributed by atoms with Gasteiger partial charge >= 0.3 is 5.97 Å². The van der Waals surface area contributed by atoms with E-state index in [0.29, 0.717) is 18.6 Å². The zero-order valence-electron chi connectivity index (χ0n) is 13.6. The van der Waals surface area contributed by atoms with Gasteiger partial charge in [-0.05, 0) is 50.4 Å². The van der Waals surface area contributed by atoms with Crippen LogP contribution >= 0.6 is 0 Å². The number of hydrogen-bond acceptors (Lipinski definition) is 3. The van der Waals surface area contributed by atoms with Gasteiger partial charge in [0.05, 0.1) is 6.61 Å². The summed E-state index contributed by atoms with van der Waals surface area (Å²) in [6.45, 7) is 9.21. The summed E-state index contributed by atoms with van der Waals surface area (Å²) in [4.78, 5) is 12.7. The van der Waals surface area contributed by atoms with Gasteiger partial charge in [-0.15, -0.1) is 0 Å². The average Bonchev–Trinajstić information content (AvgIpc) is 2.79. The normalized spacial score (nSPS) is 34.1. The van der Waals surface area contributed by atoms with E-state index < -0.39 is 5.54 Å². The number of carbonyl (C=O) groups is 1. The molecule has 0 bridgehead atoms. The van der Waals surface area contributed by atoms with E-state index in [0.717, 1.165) is 12.8 Å². The molecule has 3 heteroatoms. The zero-order valence-corrected chi connectivity index (χ0v) is 13.6. The Balaban J connectivity index is 2.20. The monoisotopic (exact) mass is 281 g/mol. The average molecular weight is 281 g/mol. The van der Waals surface area contributed by atoms with Crippen LogP contribution in [0.15, 0.2) is 0 Å². The summed E-state index contributed by atoms with van der Waals surface area (Å²) in [6, 6.07) is 0.500. The predicted octanol–water partition coefficient (Wildman–Crippen LogP) is 3.67. The highest BCUT2D eigenvalue weighted by atomic mass is 16.5. The number of carbonyl (C=O) groups excluding carboxylic acids is 1. The van der Waals surface area contributed by atoms with Crippen molar-refractivity contribution in [1.82, 2.24) is 5.32 Å². The van der Waals surface area contributed by atoms with Crippen molar-refractivity contribution in [2.24, 2.45) is 11.3 Å². The standard InChI is InChI=1S/C17H31NO2/c1-5-20-15(19)17(18-14-8-6-7-9-14)11-13(2)10-16(3,4)12-17/h13-14,18H,5-12H2,1-4H3. The Kier molecular flexibility index (Phi) is 4.78. The molecule has 2 saturated carbocycles. The van der Waals surface area contributed by atoms with Gasteiger partial charge in [0.25, 0.3) is 0 Å². The van der Waals surface area contributed by atoms with Crippen LogP contribution in [0.5, 0.6) is 0 Å². The minimum Gasteiger partial charge on any atom is -0.465 e. The second kappa shape index (κ2) is 6.05. The molecule has 0 amide bonds. The molecule has 2 fully saturated rings. The van der Waals surface area contributed by atoms with Crippen LogP contribution in [0, 0.1) is 11.3 Å². The van der Waals surface area contributed by atoms with E-state index in [4.69, 9.17) is 4.74 Å². The third kappa shape index (κ3) is 3.55. The van der Waals surface area contributed by atoms with E-state index in [9.17, 15) is 4.79 Å². The van der Waals surface area contributed by atoms with Crippen LogP contribution in [0.2, 0.25) is 0 Å². The lowest BCUT2D eigenvalue weighted by Crippen LogP contribution is -2.61. The highest BCUT2D eigenvalue weighted by Gasteiger charge is 2.49. The first-order valence-electron chi connectivity index (χ1n) is 8.32. The molecule has 0 saturated heterocycles. The number of nitrogens with one attached hydrogen (secondary N) is 1. The largest absolute Gasteiger partial charge is 0.465 e. The van der Waals surface area contributed by atoms with Gasteiger partial charge in [0.1, 0.15) is 5.54 Å². The van der Waals surface area contributed by atoms with Crippen molar-refractivity contribution in [2.45, 2.75) is 84.2 Å². The van der Waals surface area contributed by atoms with Crippen LogP contribution in [0.25, 0.3) is 0 Å². The lowest BCUT2D eigenvalue weighted by molar-refractivity contribution is -0.156. The lowest BCUT2D eigenvalue weighted by atomic mass is 9.64. The molecule has 0 spiro atoms. The molecular weight excluding hydrogens is 250 g/mol. The predicted molar refractivity (Wildman–Crippen MR) is 81.6 cm³/mol. The van der Waals surface area contributed by atoms with E-state index in [1.54, 1.807) is 0 Å². The SMILES string of the molecule is CCOC(=O)C1(NC2CCCC2)CC(C)CC(C)(C)C1. The molecule has 20 heavy (non-hydrogen) atoms. The minimum absolute atomic E-state index is 0.0217.